The van der Waals surface area contributed by atoms with Crippen molar-refractivity contribution in [2.45, 2.75) is 46.7 Å². The van der Waals surface area contributed by atoms with Gasteiger partial charge in [-0.05, 0) is 38.0 Å². The van der Waals surface area contributed by atoms with E-state index in [0.717, 1.165) is 29.1 Å². The van der Waals surface area contributed by atoms with Crippen molar-refractivity contribution >= 4 is 41.5 Å². The first-order valence-electron chi connectivity index (χ1n) is 8.78. The fourth-order valence-corrected chi connectivity index (χ4v) is 2.34. The summed E-state index contributed by atoms with van der Waals surface area (Å²) in [5, 5.41) is 9.29. The minimum absolute atomic E-state index is 0. The summed E-state index contributed by atoms with van der Waals surface area (Å²) >= 11 is 0. The Labute approximate surface area is 177 Å². The number of aliphatic imine (C=N–C) groups is 1. The summed E-state index contributed by atoms with van der Waals surface area (Å²) in [4.78, 5) is 20.1. The molecule has 0 fully saturated rings. The number of carbonyl (C=O) groups excluding carboxylic acids is 1. The van der Waals surface area contributed by atoms with Crippen LogP contribution in [0.5, 0.6) is 0 Å². The van der Waals surface area contributed by atoms with E-state index >= 15 is 0 Å². The molecule has 7 nitrogen and oxygen atoms in total. The molecule has 0 radical (unpaired) electrons. The molecule has 1 heterocycles. The second-order valence-corrected chi connectivity index (χ2v) is 6.02. The van der Waals surface area contributed by atoms with Crippen molar-refractivity contribution in [1.29, 1.82) is 0 Å². The van der Waals surface area contributed by atoms with E-state index < -0.39 is 0 Å². The Kier molecular flexibility index (Phi) is 9.84. The van der Waals surface area contributed by atoms with Gasteiger partial charge in [-0.25, -0.2) is 4.98 Å². The van der Waals surface area contributed by atoms with Crippen molar-refractivity contribution in [2.75, 3.05) is 12.4 Å². The van der Waals surface area contributed by atoms with Gasteiger partial charge in [0, 0.05) is 25.7 Å². The normalized spacial score (nSPS) is 10.9. The minimum Gasteiger partial charge on any atom is -0.444 e. The molecule has 0 atom stereocenters. The molecule has 0 saturated heterocycles. The molecule has 2 aromatic rings. The molecule has 0 aliphatic heterocycles. The summed E-state index contributed by atoms with van der Waals surface area (Å²) < 4.78 is 5.54. The third-order valence-corrected chi connectivity index (χ3v) is 3.88. The molecule has 0 saturated carbocycles. The van der Waals surface area contributed by atoms with Crippen LogP contribution in [-0.4, -0.2) is 23.9 Å². The number of oxazole rings is 1. The van der Waals surface area contributed by atoms with Gasteiger partial charge in [0.05, 0.1) is 12.2 Å². The Balaban J connectivity index is 0.00000364. The molecule has 1 aromatic heterocycles. The minimum atomic E-state index is 0. The third-order valence-electron chi connectivity index (χ3n) is 3.88. The van der Waals surface area contributed by atoms with Crippen LogP contribution in [0.4, 0.5) is 5.69 Å². The molecule has 0 spiro atoms. The van der Waals surface area contributed by atoms with Gasteiger partial charge in [0.2, 0.25) is 11.8 Å². The highest BCUT2D eigenvalue weighted by molar-refractivity contribution is 14.0. The lowest BCUT2D eigenvalue weighted by molar-refractivity contribution is -0.116. The standard InChI is InChI=1S/C19H27N5O2.HI/c1-5-6-17(25)24-16-9-7-15(8-10-16)11-21-19(20-4)22-12-18-23-13(2)14(3)26-18;/h7-10H,5-6,11-12H2,1-4H3,(H,24,25)(H2,20,21,22);1H. The van der Waals surface area contributed by atoms with E-state index in [1.54, 1.807) is 7.05 Å². The number of aryl methyl sites for hydroxylation is 2. The van der Waals surface area contributed by atoms with Crippen LogP contribution in [0.1, 0.15) is 42.7 Å². The number of nitrogens with one attached hydrogen (secondary N) is 3. The lowest BCUT2D eigenvalue weighted by Gasteiger charge is -2.11. The highest BCUT2D eigenvalue weighted by atomic mass is 127. The van der Waals surface area contributed by atoms with Crippen molar-refractivity contribution in [3.63, 3.8) is 0 Å². The summed E-state index contributed by atoms with van der Waals surface area (Å²) in [6, 6.07) is 7.75. The van der Waals surface area contributed by atoms with E-state index in [-0.39, 0.29) is 29.9 Å². The number of guanidine groups is 1. The SMILES string of the molecule is CCCC(=O)Nc1ccc(CNC(=NC)NCc2nc(C)c(C)o2)cc1.I. The summed E-state index contributed by atoms with van der Waals surface area (Å²) in [5.74, 6) is 2.17. The van der Waals surface area contributed by atoms with Crippen molar-refractivity contribution in [3.05, 3.63) is 47.2 Å². The van der Waals surface area contributed by atoms with Gasteiger partial charge in [-0.3, -0.25) is 9.79 Å². The first-order valence-corrected chi connectivity index (χ1v) is 8.78. The molecule has 3 N–H and O–H groups in total. The van der Waals surface area contributed by atoms with Gasteiger partial charge in [0.1, 0.15) is 5.76 Å². The van der Waals surface area contributed by atoms with E-state index in [0.29, 0.717) is 31.4 Å². The van der Waals surface area contributed by atoms with Gasteiger partial charge in [-0.1, -0.05) is 19.1 Å². The lowest BCUT2D eigenvalue weighted by Crippen LogP contribution is -2.36. The smallest absolute Gasteiger partial charge is 0.224 e. The van der Waals surface area contributed by atoms with Crippen LogP contribution in [-0.2, 0) is 17.9 Å². The second-order valence-electron chi connectivity index (χ2n) is 6.02. The quantitative estimate of drug-likeness (QED) is 0.317. The largest absolute Gasteiger partial charge is 0.444 e. The van der Waals surface area contributed by atoms with Gasteiger partial charge in [-0.2, -0.15) is 0 Å². The lowest BCUT2D eigenvalue weighted by atomic mass is 10.2. The number of hydrogen-bond acceptors (Lipinski definition) is 4. The monoisotopic (exact) mass is 485 g/mol. The van der Waals surface area contributed by atoms with E-state index in [1.807, 2.05) is 45.0 Å². The number of benzene rings is 1. The highest BCUT2D eigenvalue weighted by Gasteiger charge is 2.06. The van der Waals surface area contributed by atoms with Crippen molar-refractivity contribution in [3.8, 4) is 0 Å². The van der Waals surface area contributed by atoms with E-state index in [4.69, 9.17) is 4.42 Å². The Bertz CT molecular complexity index is 736. The Morgan fingerprint density at radius 1 is 1.15 bits per heavy atom. The zero-order valence-electron chi connectivity index (χ0n) is 16.3. The van der Waals surface area contributed by atoms with Crippen LogP contribution in [0.15, 0.2) is 33.7 Å². The molecule has 148 valence electrons. The molecule has 1 amide bonds. The van der Waals surface area contributed by atoms with Crippen LogP contribution < -0.4 is 16.0 Å². The molecular formula is C19H28IN5O2. The van der Waals surface area contributed by atoms with Crippen LogP contribution in [0, 0.1) is 13.8 Å². The van der Waals surface area contributed by atoms with E-state index in [9.17, 15) is 4.79 Å². The topological polar surface area (TPSA) is 91.5 Å². The van der Waals surface area contributed by atoms with Crippen molar-refractivity contribution in [1.82, 2.24) is 15.6 Å². The number of rotatable bonds is 7. The Morgan fingerprint density at radius 3 is 2.37 bits per heavy atom. The van der Waals surface area contributed by atoms with Crippen LogP contribution >= 0.6 is 24.0 Å². The predicted molar refractivity (Wildman–Crippen MR) is 118 cm³/mol. The molecule has 2 rings (SSSR count). The fourth-order valence-electron chi connectivity index (χ4n) is 2.34. The zero-order valence-corrected chi connectivity index (χ0v) is 18.6. The number of anilines is 1. The van der Waals surface area contributed by atoms with Crippen LogP contribution in [0.2, 0.25) is 0 Å². The maximum atomic E-state index is 11.6. The molecule has 8 heteroatoms. The average molecular weight is 485 g/mol. The molecule has 0 unspecified atom stereocenters. The summed E-state index contributed by atoms with van der Waals surface area (Å²) in [7, 11) is 1.72. The predicted octanol–water partition coefficient (Wildman–Crippen LogP) is 3.51. The average Bonchev–Trinajstić information content (AvgIpc) is 2.94. The van der Waals surface area contributed by atoms with E-state index in [1.165, 1.54) is 0 Å². The molecule has 0 aliphatic rings. The Morgan fingerprint density at radius 2 is 1.81 bits per heavy atom. The van der Waals surface area contributed by atoms with Crippen LogP contribution in [0.3, 0.4) is 0 Å². The van der Waals surface area contributed by atoms with Gasteiger partial charge in [-0.15, -0.1) is 24.0 Å². The molecule has 0 bridgehead atoms. The zero-order chi connectivity index (χ0) is 18.9. The number of amides is 1. The first-order chi connectivity index (χ1) is 12.5. The maximum Gasteiger partial charge on any atom is 0.224 e. The summed E-state index contributed by atoms with van der Waals surface area (Å²) in [6.45, 7) is 6.89. The molecular weight excluding hydrogens is 457 g/mol. The number of hydrogen-bond donors (Lipinski definition) is 3. The summed E-state index contributed by atoms with van der Waals surface area (Å²) in [6.07, 6.45) is 1.38. The highest BCUT2D eigenvalue weighted by Crippen LogP contribution is 2.10. The molecule has 1 aromatic carbocycles. The van der Waals surface area contributed by atoms with Gasteiger partial charge in [0.25, 0.3) is 0 Å². The third kappa shape index (κ3) is 7.58. The van der Waals surface area contributed by atoms with Crippen molar-refractivity contribution < 1.29 is 9.21 Å². The molecule has 0 aliphatic carbocycles. The number of halogens is 1. The van der Waals surface area contributed by atoms with Gasteiger partial charge < -0.3 is 20.4 Å². The summed E-state index contributed by atoms with van der Waals surface area (Å²) in [5.41, 5.74) is 2.80. The fraction of sp³-hybridized carbons (Fsp3) is 0.421. The van der Waals surface area contributed by atoms with Crippen LogP contribution in [0.25, 0.3) is 0 Å². The van der Waals surface area contributed by atoms with Gasteiger partial charge in [0.15, 0.2) is 5.96 Å². The van der Waals surface area contributed by atoms with Crippen molar-refractivity contribution in [2.24, 2.45) is 4.99 Å². The number of aromatic nitrogens is 1. The maximum absolute atomic E-state index is 11.6. The Hall–Kier alpha value is -2.10. The number of nitrogens with zero attached hydrogens (tertiary/aromatic N) is 2. The van der Waals surface area contributed by atoms with E-state index in [2.05, 4.69) is 25.9 Å². The number of carbonyl (C=O) groups is 1. The second kappa shape index (κ2) is 11.6. The molecule has 27 heavy (non-hydrogen) atoms. The first kappa shape index (κ1) is 22.9. The van der Waals surface area contributed by atoms with Gasteiger partial charge >= 0.3 is 0 Å².